The summed E-state index contributed by atoms with van der Waals surface area (Å²) in [4.78, 5) is 7.87. The largest absolute Gasteiger partial charge is 0.493 e. The lowest BCUT2D eigenvalue weighted by Gasteiger charge is -2.16. The number of nitrogen functional groups attached to an aromatic ring is 2. The minimum absolute atomic E-state index is 0.0879. The van der Waals surface area contributed by atoms with Gasteiger partial charge in [0.25, 0.3) is 0 Å². The first-order chi connectivity index (χ1) is 12.1. The fourth-order valence-electron chi connectivity index (χ4n) is 2.03. The molecule has 0 amide bonds. The van der Waals surface area contributed by atoms with Crippen LogP contribution < -0.4 is 20.4 Å². The summed E-state index contributed by atoms with van der Waals surface area (Å²) in [6.45, 7) is 2.26. The molecule has 0 bridgehead atoms. The van der Waals surface area contributed by atoms with Gasteiger partial charge in [-0.2, -0.15) is 17.7 Å². The summed E-state index contributed by atoms with van der Waals surface area (Å²) in [5.74, 6) is 1.04. The van der Waals surface area contributed by atoms with Crippen molar-refractivity contribution in [1.82, 2.24) is 14.3 Å². The minimum atomic E-state index is -3.90. The predicted octanol–water partition coefficient (Wildman–Crippen LogP) is 1.42. The van der Waals surface area contributed by atoms with E-state index in [9.17, 15) is 8.42 Å². The van der Waals surface area contributed by atoms with Crippen molar-refractivity contribution in [3.05, 3.63) is 33.0 Å². The maximum absolute atomic E-state index is 12.1. The van der Waals surface area contributed by atoms with Crippen molar-refractivity contribution in [1.29, 1.82) is 0 Å². The highest BCUT2D eigenvalue weighted by atomic mass is 127. The number of hydrogen-bond donors (Lipinski definition) is 2. The molecular weight excluding hydrogens is 473 g/mol. The van der Waals surface area contributed by atoms with Crippen LogP contribution in [0.4, 0.5) is 11.8 Å². The van der Waals surface area contributed by atoms with Crippen molar-refractivity contribution >= 4 is 44.7 Å². The Hall–Kier alpha value is -1.86. The van der Waals surface area contributed by atoms with E-state index in [2.05, 4.69) is 9.97 Å². The zero-order valence-electron chi connectivity index (χ0n) is 14.6. The van der Waals surface area contributed by atoms with E-state index in [4.69, 9.17) is 20.4 Å². The van der Waals surface area contributed by atoms with Crippen molar-refractivity contribution in [3.8, 4) is 11.5 Å². The lowest BCUT2D eigenvalue weighted by molar-refractivity contribution is 0.335. The molecule has 2 aromatic rings. The zero-order valence-corrected chi connectivity index (χ0v) is 17.5. The molecule has 0 aliphatic rings. The predicted molar refractivity (Wildman–Crippen MR) is 107 cm³/mol. The molecule has 0 fully saturated rings. The SMILES string of the molecule is CCOc1cc(Cc2cnc(N)nc2N)cc(OS(=O)(=O)N(C)C)c1I. The van der Waals surface area contributed by atoms with Crippen molar-refractivity contribution < 1.29 is 17.3 Å². The molecule has 0 saturated heterocycles. The first kappa shape index (κ1) is 20.5. The van der Waals surface area contributed by atoms with Gasteiger partial charge in [0.1, 0.15) is 11.6 Å². The molecule has 0 spiro atoms. The number of aromatic nitrogens is 2. The normalized spacial score (nSPS) is 11.6. The Morgan fingerprint density at radius 2 is 1.88 bits per heavy atom. The van der Waals surface area contributed by atoms with Crippen LogP contribution in [0.2, 0.25) is 0 Å². The average molecular weight is 493 g/mol. The van der Waals surface area contributed by atoms with Gasteiger partial charge in [-0.05, 0) is 47.2 Å². The number of nitrogens with zero attached hydrogens (tertiary/aromatic N) is 3. The Morgan fingerprint density at radius 1 is 1.23 bits per heavy atom. The molecule has 142 valence electrons. The molecule has 0 aliphatic heterocycles. The third kappa shape index (κ3) is 4.86. The second-order valence-corrected chi connectivity index (χ2v) is 8.31. The van der Waals surface area contributed by atoms with Crippen LogP contribution in [0.1, 0.15) is 18.1 Å². The van der Waals surface area contributed by atoms with Crippen LogP contribution >= 0.6 is 22.6 Å². The molecule has 0 saturated carbocycles. The van der Waals surface area contributed by atoms with Gasteiger partial charge in [-0.3, -0.25) is 0 Å². The molecule has 1 heterocycles. The molecule has 9 nitrogen and oxygen atoms in total. The number of benzene rings is 1. The average Bonchev–Trinajstić information content (AvgIpc) is 2.54. The van der Waals surface area contributed by atoms with E-state index in [1.54, 1.807) is 12.1 Å². The van der Waals surface area contributed by atoms with Crippen LogP contribution in [-0.2, 0) is 16.7 Å². The first-order valence-electron chi connectivity index (χ1n) is 7.58. The lowest BCUT2D eigenvalue weighted by atomic mass is 10.1. The van der Waals surface area contributed by atoms with Gasteiger partial charge in [0.15, 0.2) is 5.75 Å². The molecule has 0 radical (unpaired) electrons. The third-order valence-electron chi connectivity index (χ3n) is 3.32. The Balaban J connectivity index is 2.46. The smallest absolute Gasteiger partial charge is 0.384 e. The van der Waals surface area contributed by atoms with Crippen LogP contribution in [0, 0.1) is 3.57 Å². The van der Waals surface area contributed by atoms with Gasteiger partial charge < -0.3 is 20.4 Å². The van der Waals surface area contributed by atoms with Crippen LogP contribution in [-0.4, -0.2) is 43.4 Å². The quantitative estimate of drug-likeness (QED) is 0.554. The van der Waals surface area contributed by atoms with E-state index < -0.39 is 10.3 Å². The van der Waals surface area contributed by atoms with E-state index in [-0.39, 0.29) is 17.5 Å². The summed E-state index contributed by atoms with van der Waals surface area (Å²) >= 11 is 1.99. The van der Waals surface area contributed by atoms with E-state index in [1.807, 2.05) is 29.5 Å². The van der Waals surface area contributed by atoms with Gasteiger partial charge in [-0.15, -0.1) is 0 Å². The molecule has 4 N–H and O–H groups in total. The molecule has 2 rings (SSSR count). The molecule has 0 unspecified atom stereocenters. The summed E-state index contributed by atoms with van der Waals surface area (Å²) in [6, 6.07) is 3.43. The van der Waals surface area contributed by atoms with Gasteiger partial charge in [-0.25, -0.2) is 4.98 Å². The zero-order chi connectivity index (χ0) is 19.5. The van der Waals surface area contributed by atoms with Gasteiger partial charge in [0.2, 0.25) is 5.95 Å². The van der Waals surface area contributed by atoms with Crippen molar-refractivity contribution in [3.63, 3.8) is 0 Å². The monoisotopic (exact) mass is 493 g/mol. The summed E-state index contributed by atoms with van der Waals surface area (Å²) in [7, 11) is -1.12. The Morgan fingerprint density at radius 3 is 2.46 bits per heavy atom. The van der Waals surface area contributed by atoms with Crippen molar-refractivity contribution in [2.45, 2.75) is 13.3 Å². The molecule has 1 aromatic carbocycles. The maximum Gasteiger partial charge on any atom is 0.384 e. The summed E-state index contributed by atoms with van der Waals surface area (Å²) in [5, 5.41) is 0. The van der Waals surface area contributed by atoms with Crippen LogP contribution in [0.5, 0.6) is 11.5 Å². The van der Waals surface area contributed by atoms with Crippen molar-refractivity contribution in [2.75, 3.05) is 32.2 Å². The van der Waals surface area contributed by atoms with E-state index >= 15 is 0 Å². The number of hydrogen-bond acceptors (Lipinski definition) is 8. The highest BCUT2D eigenvalue weighted by Crippen LogP contribution is 2.34. The van der Waals surface area contributed by atoms with Gasteiger partial charge in [0, 0.05) is 32.3 Å². The molecule has 1 aromatic heterocycles. The summed E-state index contributed by atoms with van der Waals surface area (Å²) < 4.78 is 36.6. The van der Waals surface area contributed by atoms with E-state index in [0.29, 0.717) is 27.9 Å². The number of nitrogens with two attached hydrogens (primary N) is 2. The van der Waals surface area contributed by atoms with E-state index in [0.717, 1.165) is 9.87 Å². The van der Waals surface area contributed by atoms with Crippen LogP contribution in [0.25, 0.3) is 0 Å². The van der Waals surface area contributed by atoms with Crippen LogP contribution in [0.15, 0.2) is 18.3 Å². The van der Waals surface area contributed by atoms with E-state index in [1.165, 1.54) is 20.3 Å². The number of halogens is 1. The lowest BCUT2D eigenvalue weighted by Crippen LogP contribution is -2.27. The molecule has 0 atom stereocenters. The maximum atomic E-state index is 12.1. The molecule has 11 heteroatoms. The summed E-state index contributed by atoms with van der Waals surface area (Å²) in [5.41, 5.74) is 12.8. The number of anilines is 2. The topological polar surface area (TPSA) is 134 Å². The second-order valence-electron chi connectivity index (χ2n) is 5.48. The van der Waals surface area contributed by atoms with Crippen LogP contribution in [0.3, 0.4) is 0 Å². The Labute approximate surface area is 166 Å². The first-order valence-corrected chi connectivity index (χ1v) is 10.0. The fraction of sp³-hybridized carbons (Fsp3) is 0.333. The highest BCUT2D eigenvalue weighted by Gasteiger charge is 2.21. The molecular formula is C15H20IN5O4S. The molecule has 26 heavy (non-hydrogen) atoms. The minimum Gasteiger partial charge on any atom is -0.493 e. The van der Waals surface area contributed by atoms with Gasteiger partial charge >= 0.3 is 10.3 Å². The summed E-state index contributed by atoms with van der Waals surface area (Å²) in [6.07, 6.45) is 1.90. The van der Waals surface area contributed by atoms with Crippen molar-refractivity contribution in [2.24, 2.45) is 0 Å². The van der Waals surface area contributed by atoms with Gasteiger partial charge in [0.05, 0.1) is 10.2 Å². The highest BCUT2D eigenvalue weighted by molar-refractivity contribution is 14.1. The standard InChI is InChI=1S/C15H20IN5O4S/c1-4-24-11-6-9(5-10-8-19-15(18)20-14(10)17)7-12(13(11)16)25-26(22,23)21(2)3/h6-8H,4-5H2,1-3H3,(H4,17,18,19,20). The van der Waals surface area contributed by atoms with Gasteiger partial charge in [-0.1, -0.05) is 0 Å². The number of rotatable bonds is 7. The fourth-order valence-corrected chi connectivity index (χ4v) is 3.26. The second kappa shape index (κ2) is 8.22. The third-order valence-corrected chi connectivity index (χ3v) is 5.67. The molecule has 0 aliphatic carbocycles. The Bertz CT molecular complexity index is 905. The Kier molecular flexibility index (Phi) is 6.47. The number of ether oxygens (including phenoxy) is 1.